The monoisotopic (exact) mass is 306 g/mol. The van der Waals surface area contributed by atoms with E-state index in [9.17, 15) is 13.6 Å². The molecule has 0 saturated carbocycles. The maximum atomic E-state index is 13.6. The summed E-state index contributed by atoms with van der Waals surface area (Å²) in [4.78, 5) is 20.0. The Hall–Kier alpha value is -2.57. The molecule has 2 rings (SSSR count). The summed E-state index contributed by atoms with van der Waals surface area (Å²) in [5.41, 5.74) is 0.295. The number of hydrogen-bond acceptors (Lipinski definition) is 4. The van der Waals surface area contributed by atoms with Crippen LogP contribution in [0.3, 0.4) is 0 Å². The number of amides is 1. The molecular weight excluding hydrogens is 290 g/mol. The summed E-state index contributed by atoms with van der Waals surface area (Å²) in [6.45, 7) is 4.12. The summed E-state index contributed by atoms with van der Waals surface area (Å²) in [5.74, 6) is -1.92. The second kappa shape index (κ2) is 6.93. The molecule has 0 aliphatic rings. The lowest BCUT2D eigenvalue weighted by atomic mass is 10.3. The van der Waals surface area contributed by atoms with Gasteiger partial charge in [0.15, 0.2) is 0 Å². The van der Waals surface area contributed by atoms with E-state index in [2.05, 4.69) is 20.6 Å². The van der Waals surface area contributed by atoms with Crippen LogP contribution < -0.4 is 10.6 Å². The molecule has 22 heavy (non-hydrogen) atoms. The summed E-state index contributed by atoms with van der Waals surface area (Å²) in [6, 6.07) is 5.01. The van der Waals surface area contributed by atoms with Gasteiger partial charge in [0.1, 0.15) is 23.0 Å². The average Bonchev–Trinajstić information content (AvgIpc) is 2.48. The summed E-state index contributed by atoms with van der Waals surface area (Å²) in [6.07, 6.45) is 0.793. The van der Waals surface area contributed by atoms with Crippen LogP contribution in [0.1, 0.15) is 29.5 Å². The van der Waals surface area contributed by atoms with Crippen LogP contribution in [-0.2, 0) is 0 Å². The molecule has 0 radical (unpaired) electrons. The lowest BCUT2D eigenvalue weighted by Gasteiger charge is -2.09. The molecule has 1 heterocycles. The molecule has 2 aromatic rings. The second-order valence-corrected chi connectivity index (χ2v) is 4.70. The highest BCUT2D eigenvalue weighted by atomic mass is 19.1. The van der Waals surface area contributed by atoms with Crippen LogP contribution >= 0.6 is 0 Å². The Kier molecular flexibility index (Phi) is 4.98. The standard InChI is InChI=1S/C15H16F2N4O/c1-3-7-18-14(22)12-8-9(2)19-15(20-12)21-13-10(16)5-4-6-11(13)17/h4-6,8H,3,7H2,1-2H3,(H,18,22)(H,19,20,21). The highest BCUT2D eigenvalue weighted by Gasteiger charge is 2.13. The molecule has 5 nitrogen and oxygen atoms in total. The maximum Gasteiger partial charge on any atom is 0.270 e. The van der Waals surface area contributed by atoms with E-state index in [1.807, 2.05) is 6.92 Å². The van der Waals surface area contributed by atoms with E-state index in [1.165, 1.54) is 12.1 Å². The summed E-state index contributed by atoms with van der Waals surface area (Å²) in [7, 11) is 0. The lowest BCUT2D eigenvalue weighted by Crippen LogP contribution is -2.25. The van der Waals surface area contributed by atoms with Crippen LogP contribution in [0.4, 0.5) is 20.4 Å². The van der Waals surface area contributed by atoms with Crippen LogP contribution in [0.25, 0.3) is 0 Å². The number of nitrogens with one attached hydrogen (secondary N) is 2. The van der Waals surface area contributed by atoms with Crippen LogP contribution in [0.2, 0.25) is 0 Å². The summed E-state index contributed by atoms with van der Waals surface area (Å²) < 4.78 is 27.2. The van der Waals surface area contributed by atoms with Crippen molar-refractivity contribution >= 4 is 17.5 Å². The number of rotatable bonds is 5. The van der Waals surface area contributed by atoms with Gasteiger partial charge in [-0.15, -0.1) is 0 Å². The first-order chi connectivity index (χ1) is 10.5. The third-order valence-electron chi connectivity index (χ3n) is 2.82. The Labute approximate surface area is 126 Å². The van der Waals surface area contributed by atoms with Crippen molar-refractivity contribution in [3.05, 3.63) is 47.3 Å². The quantitative estimate of drug-likeness (QED) is 0.891. The highest BCUT2D eigenvalue weighted by Crippen LogP contribution is 2.21. The summed E-state index contributed by atoms with van der Waals surface area (Å²) in [5, 5.41) is 5.16. The Morgan fingerprint density at radius 3 is 2.55 bits per heavy atom. The molecule has 0 fully saturated rings. The SMILES string of the molecule is CCCNC(=O)c1cc(C)nc(Nc2c(F)cccc2F)n1. The van der Waals surface area contributed by atoms with Gasteiger partial charge in [0.25, 0.3) is 5.91 Å². The Morgan fingerprint density at radius 2 is 1.91 bits per heavy atom. The van der Waals surface area contributed by atoms with Crippen molar-refractivity contribution in [1.29, 1.82) is 0 Å². The number of carbonyl (C=O) groups excluding carboxylic acids is 1. The lowest BCUT2D eigenvalue weighted by molar-refractivity contribution is 0.0948. The van der Waals surface area contributed by atoms with Crippen LogP contribution in [0.5, 0.6) is 0 Å². The van der Waals surface area contributed by atoms with Crippen molar-refractivity contribution < 1.29 is 13.6 Å². The molecule has 0 spiro atoms. The highest BCUT2D eigenvalue weighted by molar-refractivity contribution is 5.92. The predicted octanol–water partition coefficient (Wildman–Crippen LogP) is 2.95. The Bertz CT molecular complexity index is 671. The predicted molar refractivity (Wildman–Crippen MR) is 79.0 cm³/mol. The van der Waals surface area contributed by atoms with Gasteiger partial charge in [-0.3, -0.25) is 4.79 Å². The number of benzene rings is 1. The number of hydrogen-bond donors (Lipinski definition) is 2. The minimum absolute atomic E-state index is 0.0364. The van der Waals surface area contributed by atoms with Crippen LogP contribution in [-0.4, -0.2) is 22.4 Å². The minimum atomic E-state index is -0.762. The molecule has 116 valence electrons. The first-order valence-electron chi connectivity index (χ1n) is 6.86. The topological polar surface area (TPSA) is 66.9 Å². The fourth-order valence-corrected chi connectivity index (χ4v) is 1.80. The maximum absolute atomic E-state index is 13.6. The number of carbonyl (C=O) groups is 1. The zero-order chi connectivity index (χ0) is 16.1. The Balaban J connectivity index is 2.28. The van der Waals surface area contributed by atoms with Crippen LogP contribution in [0.15, 0.2) is 24.3 Å². The third-order valence-corrected chi connectivity index (χ3v) is 2.82. The van der Waals surface area contributed by atoms with Gasteiger partial charge in [-0.05, 0) is 31.5 Å². The van der Waals surface area contributed by atoms with Gasteiger partial charge in [0, 0.05) is 12.2 Å². The van der Waals surface area contributed by atoms with Gasteiger partial charge < -0.3 is 10.6 Å². The van der Waals surface area contributed by atoms with Crippen molar-refractivity contribution in [2.75, 3.05) is 11.9 Å². The van der Waals surface area contributed by atoms with E-state index < -0.39 is 11.6 Å². The zero-order valence-corrected chi connectivity index (χ0v) is 12.3. The van der Waals surface area contributed by atoms with Crippen LogP contribution in [0, 0.1) is 18.6 Å². The second-order valence-electron chi connectivity index (χ2n) is 4.70. The molecular formula is C15H16F2N4O. The van der Waals surface area contributed by atoms with Crippen molar-refractivity contribution in [2.24, 2.45) is 0 Å². The van der Waals surface area contributed by atoms with E-state index in [1.54, 1.807) is 6.92 Å². The fraction of sp³-hybridized carbons (Fsp3) is 0.267. The van der Waals surface area contributed by atoms with E-state index in [-0.39, 0.29) is 23.2 Å². The van der Waals surface area contributed by atoms with Gasteiger partial charge in [0.2, 0.25) is 5.95 Å². The largest absolute Gasteiger partial charge is 0.351 e. The first kappa shape index (κ1) is 15.8. The molecule has 0 unspecified atom stereocenters. The minimum Gasteiger partial charge on any atom is -0.351 e. The van der Waals surface area contributed by atoms with Crippen molar-refractivity contribution in [3.8, 4) is 0 Å². The number of anilines is 2. The smallest absolute Gasteiger partial charge is 0.270 e. The fourth-order valence-electron chi connectivity index (χ4n) is 1.80. The summed E-state index contributed by atoms with van der Waals surface area (Å²) >= 11 is 0. The Morgan fingerprint density at radius 1 is 1.23 bits per heavy atom. The molecule has 0 bridgehead atoms. The molecule has 1 aromatic heterocycles. The molecule has 0 aliphatic carbocycles. The van der Waals surface area contributed by atoms with Gasteiger partial charge in [0.05, 0.1) is 0 Å². The van der Waals surface area contributed by atoms with Gasteiger partial charge in [-0.25, -0.2) is 18.7 Å². The van der Waals surface area contributed by atoms with Crippen molar-refractivity contribution in [2.45, 2.75) is 20.3 Å². The molecule has 1 amide bonds. The number of nitrogens with zero attached hydrogens (tertiary/aromatic N) is 2. The molecule has 1 aromatic carbocycles. The third kappa shape index (κ3) is 3.75. The van der Waals surface area contributed by atoms with E-state index >= 15 is 0 Å². The van der Waals surface area contributed by atoms with E-state index in [4.69, 9.17) is 0 Å². The van der Waals surface area contributed by atoms with Gasteiger partial charge >= 0.3 is 0 Å². The first-order valence-corrected chi connectivity index (χ1v) is 6.86. The number of para-hydroxylation sites is 1. The number of halogens is 2. The van der Waals surface area contributed by atoms with Crippen molar-refractivity contribution in [1.82, 2.24) is 15.3 Å². The molecule has 2 N–H and O–H groups in total. The van der Waals surface area contributed by atoms with E-state index in [0.717, 1.165) is 18.6 Å². The molecule has 0 aliphatic heterocycles. The molecule has 0 saturated heterocycles. The normalized spacial score (nSPS) is 10.4. The average molecular weight is 306 g/mol. The number of aromatic nitrogens is 2. The van der Waals surface area contributed by atoms with E-state index in [0.29, 0.717) is 12.2 Å². The van der Waals surface area contributed by atoms with Gasteiger partial charge in [-0.2, -0.15) is 0 Å². The molecule has 0 atom stereocenters. The zero-order valence-electron chi connectivity index (χ0n) is 12.3. The van der Waals surface area contributed by atoms with Gasteiger partial charge in [-0.1, -0.05) is 13.0 Å². The number of aryl methyl sites for hydroxylation is 1. The molecule has 7 heteroatoms. The van der Waals surface area contributed by atoms with Crippen molar-refractivity contribution in [3.63, 3.8) is 0 Å².